The van der Waals surface area contributed by atoms with E-state index in [9.17, 15) is 4.79 Å². The minimum Gasteiger partial charge on any atom is -0.442 e. The minimum absolute atomic E-state index is 0.0301. The van der Waals surface area contributed by atoms with Crippen LogP contribution in [0.4, 0.5) is 10.6 Å². The molecule has 4 heterocycles. The Morgan fingerprint density at radius 2 is 2.03 bits per heavy atom. The highest BCUT2D eigenvalue weighted by molar-refractivity contribution is 5.86. The number of carbonyl (C=O) groups excluding carboxylic acids is 1. The Hall–Kier alpha value is -2.98. The van der Waals surface area contributed by atoms with E-state index in [2.05, 4.69) is 19.6 Å². The summed E-state index contributed by atoms with van der Waals surface area (Å²) in [6.07, 6.45) is 8.93. The highest BCUT2D eigenvalue weighted by Crippen LogP contribution is 2.49. The van der Waals surface area contributed by atoms with Gasteiger partial charge < -0.3 is 24.5 Å². The third kappa shape index (κ3) is 4.27. The zero-order valence-electron chi connectivity index (χ0n) is 20.3. The quantitative estimate of drug-likeness (QED) is 0.615. The Morgan fingerprint density at radius 1 is 1.26 bits per heavy atom. The fraction of sp³-hybridized carbons (Fsp3) is 0.583. The van der Waals surface area contributed by atoms with Gasteiger partial charge in [0.15, 0.2) is 5.79 Å². The smallest absolute Gasteiger partial charge is 0.435 e. The molecule has 2 N–H and O–H groups in total. The molecular weight excluding hydrogens is 436 g/mol. The van der Waals surface area contributed by atoms with E-state index in [0.29, 0.717) is 5.82 Å². The van der Waals surface area contributed by atoms with Crippen molar-refractivity contribution in [1.29, 1.82) is 0 Å². The summed E-state index contributed by atoms with van der Waals surface area (Å²) in [5, 5.41) is 5.03. The number of ether oxygens (including phenoxy) is 3. The summed E-state index contributed by atoms with van der Waals surface area (Å²) in [7, 11) is 0. The van der Waals surface area contributed by atoms with E-state index < -0.39 is 17.5 Å². The SMILES string of the molecule is CC(C)(C)OC(=O)n1cc(CC[C@H]2C[C@@H](n3ccc4c(N)ncnc43)[C@@H]3OC(C)(C)O[C@H]23)cn1. The number of hydrogen-bond acceptors (Lipinski definition) is 8. The Balaban J connectivity index is 1.33. The normalized spacial score (nSPS) is 26.1. The standard InChI is InChI=1S/C24H32N6O4/c1-23(2,3)34-22(31)30-12-14(11-28-30)6-7-15-10-17(19-18(15)32-24(4,5)33-19)29-9-8-16-20(25)26-13-27-21(16)29/h8-9,11-13,15,17-19H,6-7,10H2,1-5H3,(H2,25,26,27)/t15-,17+,18+,19-/m0/s1. The van der Waals surface area contributed by atoms with Crippen LogP contribution in [0.15, 0.2) is 31.0 Å². The average Bonchev–Trinajstić information content (AvgIpc) is 3.48. The first kappa shape index (κ1) is 22.8. The lowest BCUT2D eigenvalue weighted by Crippen LogP contribution is -2.27. The summed E-state index contributed by atoms with van der Waals surface area (Å²) in [6, 6.07) is 2.03. The second-order valence-electron chi connectivity index (χ2n) is 10.7. The first-order valence-electron chi connectivity index (χ1n) is 11.7. The van der Waals surface area contributed by atoms with Crippen LogP contribution in [0.5, 0.6) is 0 Å². The Kier molecular flexibility index (Phi) is 5.40. The second-order valence-corrected chi connectivity index (χ2v) is 10.7. The molecule has 34 heavy (non-hydrogen) atoms. The molecule has 0 radical (unpaired) electrons. The number of aryl methyl sites for hydroxylation is 1. The number of nitrogen functional groups attached to an aromatic ring is 1. The van der Waals surface area contributed by atoms with E-state index in [1.54, 1.807) is 12.4 Å². The van der Waals surface area contributed by atoms with Crippen LogP contribution in [0.25, 0.3) is 11.0 Å². The largest absolute Gasteiger partial charge is 0.442 e. The van der Waals surface area contributed by atoms with Gasteiger partial charge in [-0.2, -0.15) is 9.78 Å². The van der Waals surface area contributed by atoms with Gasteiger partial charge in [0.25, 0.3) is 0 Å². The van der Waals surface area contributed by atoms with Crippen LogP contribution in [-0.4, -0.2) is 54.0 Å². The lowest BCUT2D eigenvalue weighted by molar-refractivity contribution is -0.160. The number of anilines is 1. The van der Waals surface area contributed by atoms with E-state index in [4.69, 9.17) is 19.9 Å². The van der Waals surface area contributed by atoms with E-state index in [0.717, 1.165) is 35.9 Å². The molecule has 10 nitrogen and oxygen atoms in total. The molecule has 2 fully saturated rings. The summed E-state index contributed by atoms with van der Waals surface area (Å²) < 4.78 is 21.5. The molecule has 3 aromatic heterocycles. The summed E-state index contributed by atoms with van der Waals surface area (Å²) in [5.41, 5.74) is 7.28. The Labute approximate surface area is 198 Å². The maximum absolute atomic E-state index is 12.3. The van der Waals surface area contributed by atoms with Gasteiger partial charge in [-0.15, -0.1) is 0 Å². The Bertz CT molecular complexity index is 1210. The Morgan fingerprint density at radius 3 is 2.79 bits per heavy atom. The monoisotopic (exact) mass is 468 g/mol. The summed E-state index contributed by atoms with van der Waals surface area (Å²) in [5.74, 6) is 0.101. The maximum atomic E-state index is 12.3. The molecule has 0 unspecified atom stereocenters. The molecule has 2 aliphatic rings. The van der Waals surface area contributed by atoms with Gasteiger partial charge in [0, 0.05) is 12.4 Å². The van der Waals surface area contributed by atoms with E-state index in [-0.39, 0.29) is 24.2 Å². The third-order valence-electron chi connectivity index (χ3n) is 6.47. The number of nitrogens with zero attached hydrogens (tertiary/aromatic N) is 5. The number of carbonyl (C=O) groups is 1. The van der Waals surface area contributed by atoms with Gasteiger partial charge in [0.2, 0.25) is 0 Å². The number of fused-ring (bicyclic) bond motifs is 2. The molecule has 0 spiro atoms. The van der Waals surface area contributed by atoms with E-state index >= 15 is 0 Å². The molecule has 5 rings (SSSR count). The van der Waals surface area contributed by atoms with Gasteiger partial charge in [0.1, 0.15) is 29.5 Å². The number of hydrogen-bond donors (Lipinski definition) is 1. The van der Waals surface area contributed by atoms with Crippen molar-refractivity contribution in [2.45, 2.75) is 83.5 Å². The van der Waals surface area contributed by atoms with E-state index in [1.165, 1.54) is 11.0 Å². The van der Waals surface area contributed by atoms with Gasteiger partial charge in [0.05, 0.1) is 23.7 Å². The molecule has 3 aromatic rings. The van der Waals surface area contributed by atoms with Crippen LogP contribution in [0.3, 0.4) is 0 Å². The first-order valence-corrected chi connectivity index (χ1v) is 11.7. The molecule has 4 atom stereocenters. The maximum Gasteiger partial charge on any atom is 0.435 e. The van der Waals surface area contributed by atoms with Crippen LogP contribution in [0.1, 0.15) is 59.1 Å². The van der Waals surface area contributed by atoms with Crippen molar-refractivity contribution >= 4 is 22.9 Å². The topological polar surface area (TPSA) is 119 Å². The average molecular weight is 469 g/mol. The van der Waals surface area contributed by atoms with Crippen molar-refractivity contribution in [3.63, 3.8) is 0 Å². The third-order valence-corrected chi connectivity index (χ3v) is 6.47. The lowest BCUT2D eigenvalue weighted by atomic mass is 9.97. The zero-order valence-corrected chi connectivity index (χ0v) is 20.3. The summed E-state index contributed by atoms with van der Waals surface area (Å²) >= 11 is 0. The molecule has 0 amide bonds. The van der Waals surface area contributed by atoms with Crippen LogP contribution in [0, 0.1) is 5.92 Å². The number of rotatable bonds is 4. The summed E-state index contributed by atoms with van der Waals surface area (Å²) in [6.45, 7) is 9.42. The highest BCUT2D eigenvalue weighted by Gasteiger charge is 2.54. The van der Waals surface area contributed by atoms with Gasteiger partial charge in [-0.05, 0) is 71.4 Å². The van der Waals surface area contributed by atoms with Crippen LogP contribution >= 0.6 is 0 Å². The van der Waals surface area contributed by atoms with Crippen LogP contribution < -0.4 is 5.73 Å². The predicted molar refractivity (Wildman–Crippen MR) is 125 cm³/mol. The van der Waals surface area contributed by atoms with Gasteiger partial charge in [-0.3, -0.25) is 0 Å². The minimum atomic E-state index is -0.648. The van der Waals surface area contributed by atoms with Crippen molar-refractivity contribution < 1.29 is 19.0 Å². The fourth-order valence-corrected chi connectivity index (χ4v) is 5.12. The molecule has 1 saturated carbocycles. The number of aromatic nitrogens is 5. The molecular formula is C24H32N6O4. The highest BCUT2D eigenvalue weighted by atomic mass is 16.8. The molecule has 1 saturated heterocycles. The molecule has 10 heteroatoms. The van der Waals surface area contributed by atoms with Crippen molar-refractivity contribution in [2.24, 2.45) is 5.92 Å². The summed E-state index contributed by atoms with van der Waals surface area (Å²) in [4.78, 5) is 20.9. The molecule has 1 aliphatic heterocycles. The lowest BCUT2D eigenvalue weighted by Gasteiger charge is -2.24. The molecule has 0 bridgehead atoms. The van der Waals surface area contributed by atoms with Gasteiger partial charge >= 0.3 is 6.09 Å². The van der Waals surface area contributed by atoms with Crippen LogP contribution in [0.2, 0.25) is 0 Å². The fourth-order valence-electron chi connectivity index (χ4n) is 5.12. The van der Waals surface area contributed by atoms with Gasteiger partial charge in [-0.1, -0.05) is 0 Å². The number of nitrogens with two attached hydrogens (primary N) is 1. The predicted octanol–water partition coefficient (Wildman–Crippen LogP) is 3.71. The van der Waals surface area contributed by atoms with E-state index in [1.807, 2.05) is 46.9 Å². The molecule has 0 aromatic carbocycles. The molecule has 1 aliphatic carbocycles. The van der Waals surface area contributed by atoms with Gasteiger partial charge in [-0.25, -0.2) is 14.8 Å². The van der Waals surface area contributed by atoms with Crippen LogP contribution in [-0.2, 0) is 20.6 Å². The first-order chi connectivity index (χ1) is 16.0. The van der Waals surface area contributed by atoms with Crippen molar-refractivity contribution in [3.8, 4) is 0 Å². The molecule has 182 valence electrons. The zero-order chi connectivity index (χ0) is 24.3. The van der Waals surface area contributed by atoms with Crippen molar-refractivity contribution in [3.05, 3.63) is 36.5 Å². The van der Waals surface area contributed by atoms with Crippen molar-refractivity contribution in [1.82, 2.24) is 24.3 Å². The second kappa shape index (κ2) is 8.06. The van der Waals surface area contributed by atoms with Crippen molar-refractivity contribution in [2.75, 3.05) is 5.73 Å².